The molecule has 0 fully saturated rings. The van der Waals surface area contributed by atoms with Crippen molar-refractivity contribution in [1.82, 2.24) is 5.32 Å². The van der Waals surface area contributed by atoms with Crippen molar-refractivity contribution in [2.45, 2.75) is 25.8 Å². The Labute approximate surface area is 123 Å². The third-order valence-corrected chi connectivity index (χ3v) is 3.01. The Balaban J connectivity index is 2.79. The van der Waals surface area contributed by atoms with Crippen LogP contribution in [-0.2, 0) is 9.59 Å². The molecule has 1 aromatic rings. The maximum absolute atomic E-state index is 12.0. The number of aliphatic carboxylic acids is 2. The second-order valence-electron chi connectivity index (χ2n) is 4.31. The molecule has 0 aliphatic carbocycles. The van der Waals surface area contributed by atoms with E-state index in [0.29, 0.717) is 10.0 Å². The Morgan fingerprint density at radius 1 is 1.25 bits per heavy atom. The van der Waals surface area contributed by atoms with Crippen molar-refractivity contribution in [3.8, 4) is 0 Å². The van der Waals surface area contributed by atoms with Gasteiger partial charge in [0.25, 0.3) is 5.91 Å². The predicted octanol–water partition coefficient (Wildman–Crippen LogP) is 1.81. The summed E-state index contributed by atoms with van der Waals surface area (Å²) in [6.07, 6.45) is -0.488. The molecule has 0 bridgehead atoms. The van der Waals surface area contributed by atoms with E-state index < -0.39 is 23.9 Å². The van der Waals surface area contributed by atoms with Gasteiger partial charge in [-0.05, 0) is 37.1 Å². The minimum absolute atomic E-state index is 0.163. The first-order valence-corrected chi connectivity index (χ1v) is 6.61. The Hall–Kier alpha value is -1.89. The summed E-state index contributed by atoms with van der Waals surface area (Å²) < 4.78 is 0.708. The van der Waals surface area contributed by atoms with Gasteiger partial charge in [-0.1, -0.05) is 15.9 Å². The molecular formula is C13H14BrNO5. The van der Waals surface area contributed by atoms with Crippen molar-refractivity contribution >= 4 is 33.8 Å². The third-order valence-electron chi connectivity index (χ3n) is 2.55. The highest BCUT2D eigenvalue weighted by Crippen LogP contribution is 2.15. The minimum atomic E-state index is -1.26. The van der Waals surface area contributed by atoms with Crippen LogP contribution in [0.25, 0.3) is 0 Å². The normalized spacial score (nSPS) is 11.7. The van der Waals surface area contributed by atoms with E-state index in [9.17, 15) is 14.4 Å². The summed E-state index contributed by atoms with van der Waals surface area (Å²) >= 11 is 3.25. The fraction of sp³-hybridized carbons (Fsp3) is 0.308. The molecule has 0 radical (unpaired) electrons. The van der Waals surface area contributed by atoms with Crippen LogP contribution in [0.3, 0.4) is 0 Å². The van der Waals surface area contributed by atoms with E-state index in [-0.39, 0.29) is 12.8 Å². The lowest BCUT2D eigenvalue weighted by molar-refractivity contribution is -0.140. The molecule has 1 rings (SSSR count). The van der Waals surface area contributed by atoms with Crippen LogP contribution in [0.1, 0.15) is 28.8 Å². The van der Waals surface area contributed by atoms with Gasteiger partial charge >= 0.3 is 11.9 Å². The van der Waals surface area contributed by atoms with E-state index in [1.165, 1.54) is 0 Å². The summed E-state index contributed by atoms with van der Waals surface area (Å²) in [5, 5.41) is 19.9. The van der Waals surface area contributed by atoms with Crippen molar-refractivity contribution in [1.29, 1.82) is 0 Å². The Morgan fingerprint density at radius 3 is 2.40 bits per heavy atom. The molecule has 3 N–H and O–H groups in total. The number of rotatable bonds is 6. The fourth-order valence-electron chi connectivity index (χ4n) is 1.63. The number of carboxylic acids is 2. The van der Waals surface area contributed by atoms with Gasteiger partial charge in [0.05, 0.1) is 0 Å². The molecule has 6 nitrogen and oxygen atoms in total. The fourth-order valence-corrected chi connectivity index (χ4v) is 2.24. The van der Waals surface area contributed by atoms with Gasteiger partial charge in [0.1, 0.15) is 6.04 Å². The lowest BCUT2D eigenvalue weighted by atomic mass is 10.1. The maximum Gasteiger partial charge on any atom is 0.326 e. The zero-order valence-electron chi connectivity index (χ0n) is 10.7. The number of aryl methyl sites for hydroxylation is 1. The largest absolute Gasteiger partial charge is 0.481 e. The molecule has 1 atom stereocenters. The molecule has 0 aliphatic rings. The van der Waals surface area contributed by atoms with Crippen LogP contribution in [0.15, 0.2) is 22.7 Å². The molecular weight excluding hydrogens is 330 g/mol. The first-order valence-electron chi connectivity index (χ1n) is 5.82. The molecule has 1 amide bonds. The van der Waals surface area contributed by atoms with Crippen LogP contribution in [-0.4, -0.2) is 34.1 Å². The number of carboxylic acid groups (broad SMARTS) is 2. The van der Waals surface area contributed by atoms with Gasteiger partial charge in [0.2, 0.25) is 0 Å². The van der Waals surface area contributed by atoms with Crippen LogP contribution in [0.4, 0.5) is 0 Å². The highest BCUT2D eigenvalue weighted by Gasteiger charge is 2.21. The molecule has 0 heterocycles. The van der Waals surface area contributed by atoms with Crippen LogP contribution in [0.2, 0.25) is 0 Å². The van der Waals surface area contributed by atoms with E-state index >= 15 is 0 Å². The zero-order chi connectivity index (χ0) is 15.3. The highest BCUT2D eigenvalue weighted by molar-refractivity contribution is 9.10. The molecule has 0 spiro atoms. The van der Waals surface area contributed by atoms with Crippen LogP contribution >= 0.6 is 15.9 Å². The summed E-state index contributed by atoms with van der Waals surface area (Å²) in [6, 6.07) is 3.78. The average molecular weight is 344 g/mol. The van der Waals surface area contributed by atoms with Gasteiger partial charge in [0.15, 0.2) is 0 Å². The topological polar surface area (TPSA) is 104 Å². The quantitative estimate of drug-likeness (QED) is 0.730. The summed E-state index contributed by atoms with van der Waals surface area (Å²) in [5.74, 6) is -2.91. The summed E-state index contributed by atoms with van der Waals surface area (Å²) in [6.45, 7) is 1.81. The second-order valence-corrected chi connectivity index (χ2v) is 5.23. The van der Waals surface area contributed by atoms with E-state index in [1.807, 2.05) is 6.07 Å². The number of carbonyl (C=O) groups is 3. The maximum atomic E-state index is 12.0. The molecule has 1 aromatic carbocycles. The third kappa shape index (κ3) is 5.00. The molecule has 7 heteroatoms. The molecule has 0 saturated heterocycles. The first-order chi connectivity index (χ1) is 9.29. The summed E-state index contributed by atoms with van der Waals surface area (Å²) in [4.78, 5) is 33.4. The second kappa shape index (κ2) is 7.04. The molecule has 20 heavy (non-hydrogen) atoms. The van der Waals surface area contributed by atoms with Gasteiger partial charge < -0.3 is 15.5 Å². The van der Waals surface area contributed by atoms with Crippen molar-refractivity contribution in [2.75, 3.05) is 0 Å². The number of hydrogen-bond acceptors (Lipinski definition) is 3. The Morgan fingerprint density at radius 2 is 1.90 bits per heavy atom. The van der Waals surface area contributed by atoms with Crippen molar-refractivity contribution in [3.63, 3.8) is 0 Å². The lowest BCUT2D eigenvalue weighted by Crippen LogP contribution is -2.41. The number of carbonyl (C=O) groups excluding carboxylic acids is 1. The van der Waals surface area contributed by atoms with Gasteiger partial charge in [0, 0.05) is 16.5 Å². The molecule has 0 aromatic heterocycles. The first kappa shape index (κ1) is 16.2. The van der Waals surface area contributed by atoms with E-state index in [0.717, 1.165) is 5.56 Å². The van der Waals surface area contributed by atoms with Gasteiger partial charge in [-0.3, -0.25) is 9.59 Å². The number of nitrogens with one attached hydrogen (secondary N) is 1. The summed E-state index contributed by atoms with van der Waals surface area (Å²) in [7, 11) is 0. The molecule has 0 aliphatic heterocycles. The minimum Gasteiger partial charge on any atom is -0.481 e. The summed E-state index contributed by atoms with van der Waals surface area (Å²) in [5.41, 5.74) is 1.17. The number of amides is 1. The number of benzene rings is 1. The SMILES string of the molecule is Cc1cc(Br)cc(C(=O)NC(CCC(=O)O)C(=O)O)c1. The van der Waals surface area contributed by atoms with E-state index in [2.05, 4.69) is 21.2 Å². The number of hydrogen-bond donors (Lipinski definition) is 3. The Bertz CT molecular complexity index is 523. The van der Waals surface area contributed by atoms with Crippen molar-refractivity contribution in [2.24, 2.45) is 0 Å². The predicted molar refractivity (Wildman–Crippen MR) is 74.6 cm³/mol. The Kier molecular flexibility index (Phi) is 5.69. The van der Waals surface area contributed by atoms with E-state index in [1.54, 1.807) is 19.1 Å². The molecule has 108 valence electrons. The zero-order valence-corrected chi connectivity index (χ0v) is 12.3. The van der Waals surface area contributed by atoms with Gasteiger partial charge in [-0.15, -0.1) is 0 Å². The number of halogens is 1. The van der Waals surface area contributed by atoms with Crippen LogP contribution < -0.4 is 5.32 Å². The van der Waals surface area contributed by atoms with Crippen molar-refractivity contribution < 1.29 is 24.6 Å². The molecule has 1 unspecified atom stereocenters. The lowest BCUT2D eigenvalue weighted by Gasteiger charge is -2.14. The smallest absolute Gasteiger partial charge is 0.326 e. The van der Waals surface area contributed by atoms with Gasteiger partial charge in [-0.25, -0.2) is 4.79 Å². The highest BCUT2D eigenvalue weighted by atomic mass is 79.9. The van der Waals surface area contributed by atoms with Crippen LogP contribution in [0, 0.1) is 6.92 Å². The van der Waals surface area contributed by atoms with Gasteiger partial charge in [-0.2, -0.15) is 0 Å². The average Bonchev–Trinajstić information content (AvgIpc) is 2.32. The van der Waals surface area contributed by atoms with Crippen molar-refractivity contribution in [3.05, 3.63) is 33.8 Å². The molecule has 0 saturated carbocycles. The monoisotopic (exact) mass is 343 g/mol. The van der Waals surface area contributed by atoms with Crippen LogP contribution in [0.5, 0.6) is 0 Å². The standard InChI is InChI=1S/C13H14BrNO5/c1-7-4-8(6-9(14)5-7)12(18)15-10(13(19)20)2-3-11(16)17/h4-6,10H,2-3H2,1H3,(H,15,18)(H,16,17)(H,19,20). The van der Waals surface area contributed by atoms with E-state index in [4.69, 9.17) is 10.2 Å².